The number of alkyl halides is 4. The fourth-order valence-electron chi connectivity index (χ4n) is 3.93. The average molecular weight is 436 g/mol. The van der Waals surface area contributed by atoms with Crippen molar-refractivity contribution < 1.29 is 17.6 Å². The zero-order valence-electron chi connectivity index (χ0n) is 17.9. The Bertz CT molecular complexity index is 898. The van der Waals surface area contributed by atoms with Gasteiger partial charge < -0.3 is 10.6 Å². The van der Waals surface area contributed by atoms with E-state index >= 15 is 0 Å². The molecule has 3 rings (SSSR count). The van der Waals surface area contributed by atoms with Crippen LogP contribution in [0.3, 0.4) is 0 Å². The van der Waals surface area contributed by atoms with Crippen LogP contribution in [0.1, 0.15) is 55.4 Å². The lowest BCUT2D eigenvalue weighted by Crippen LogP contribution is -2.48. The molecule has 2 aromatic rings. The third-order valence-corrected chi connectivity index (χ3v) is 5.71. The van der Waals surface area contributed by atoms with Gasteiger partial charge in [-0.2, -0.15) is 13.2 Å². The molecular formula is C24H29F4N3. The number of hydrogen-bond acceptors (Lipinski definition) is 1. The van der Waals surface area contributed by atoms with Gasteiger partial charge in [-0.3, -0.25) is 0 Å². The summed E-state index contributed by atoms with van der Waals surface area (Å²) in [6, 6.07) is 12.7. The highest BCUT2D eigenvalue weighted by Crippen LogP contribution is 2.30. The average Bonchev–Trinajstić information content (AvgIpc) is 2.72. The van der Waals surface area contributed by atoms with Crippen LogP contribution in [0.2, 0.25) is 0 Å². The molecule has 1 aliphatic rings. The van der Waals surface area contributed by atoms with Gasteiger partial charge in [0.2, 0.25) is 0 Å². The molecule has 7 heteroatoms. The van der Waals surface area contributed by atoms with Crippen LogP contribution in [-0.2, 0) is 24.8 Å². The first kappa shape index (κ1) is 23.1. The lowest BCUT2D eigenvalue weighted by molar-refractivity contribution is -0.137. The Balaban J connectivity index is 1.69. The quantitative estimate of drug-likeness (QED) is 0.365. The number of guanidine groups is 1. The van der Waals surface area contributed by atoms with Crippen molar-refractivity contribution in [1.82, 2.24) is 4.90 Å². The molecule has 0 amide bonds. The van der Waals surface area contributed by atoms with Crippen LogP contribution in [0.15, 0.2) is 53.5 Å². The van der Waals surface area contributed by atoms with Crippen LogP contribution in [0, 0.1) is 0 Å². The molecule has 1 heterocycles. The molecule has 2 N–H and O–H groups in total. The van der Waals surface area contributed by atoms with Gasteiger partial charge in [0, 0.05) is 12.6 Å². The van der Waals surface area contributed by atoms with Crippen molar-refractivity contribution >= 4 is 5.96 Å². The number of likely N-dealkylation sites (tertiary alicyclic amines) is 1. The number of benzene rings is 2. The number of nitrogens with zero attached hydrogens (tertiary/aromatic N) is 2. The number of halogens is 4. The van der Waals surface area contributed by atoms with Crippen molar-refractivity contribution in [3.63, 3.8) is 0 Å². The lowest BCUT2D eigenvalue weighted by Gasteiger charge is -2.37. The maximum atomic E-state index is 14.0. The molecule has 0 saturated carbocycles. The Labute approximate surface area is 181 Å². The summed E-state index contributed by atoms with van der Waals surface area (Å²) in [5.74, 6) is 0.395. The highest BCUT2D eigenvalue weighted by atomic mass is 19.4. The molecule has 31 heavy (non-hydrogen) atoms. The number of hydrogen-bond donors (Lipinski definition) is 1. The van der Waals surface area contributed by atoms with E-state index in [0.717, 1.165) is 37.4 Å². The van der Waals surface area contributed by atoms with E-state index < -0.39 is 17.4 Å². The Kier molecular flexibility index (Phi) is 6.92. The van der Waals surface area contributed by atoms with Crippen molar-refractivity contribution in [2.75, 3.05) is 6.54 Å². The highest BCUT2D eigenvalue weighted by Gasteiger charge is 2.31. The molecule has 0 aliphatic carbocycles. The van der Waals surface area contributed by atoms with Crippen molar-refractivity contribution in [1.29, 1.82) is 0 Å². The minimum absolute atomic E-state index is 0.00990. The minimum Gasteiger partial charge on any atom is -0.370 e. The highest BCUT2D eigenvalue weighted by molar-refractivity contribution is 5.78. The van der Waals surface area contributed by atoms with Crippen molar-refractivity contribution in [2.24, 2.45) is 10.7 Å². The molecule has 0 radical (unpaired) electrons. The molecule has 0 bridgehead atoms. The van der Waals surface area contributed by atoms with E-state index in [0.29, 0.717) is 30.1 Å². The first-order chi connectivity index (χ1) is 14.5. The largest absolute Gasteiger partial charge is 0.416 e. The van der Waals surface area contributed by atoms with Crippen LogP contribution in [0.5, 0.6) is 0 Å². The lowest BCUT2D eigenvalue weighted by atomic mass is 9.95. The Morgan fingerprint density at radius 1 is 1.00 bits per heavy atom. The van der Waals surface area contributed by atoms with Gasteiger partial charge in [0.15, 0.2) is 5.96 Å². The molecule has 0 aromatic heterocycles. The van der Waals surface area contributed by atoms with Gasteiger partial charge in [0.1, 0.15) is 5.67 Å². The normalized spacial score (nSPS) is 18.3. The van der Waals surface area contributed by atoms with Crippen molar-refractivity contribution in [2.45, 2.75) is 64.0 Å². The molecule has 1 unspecified atom stereocenters. The maximum absolute atomic E-state index is 14.0. The smallest absolute Gasteiger partial charge is 0.370 e. The van der Waals surface area contributed by atoms with Crippen LogP contribution in [0.25, 0.3) is 0 Å². The summed E-state index contributed by atoms with van der Waals surface area (Å²) in [5.41, 5.74) is 6.41. The topological polar surface area (TPSA) is 41.6 Å². The summed E-state index contributed by atoms with van der Waals surface area (Å²) in [6.07, 6.45) is -1.04. The van der Waals surface area contributed by atoms with E-state index in [9.17, 15) is 17.6 Å². The van der Waals surface area contributed by atoms with Crippen LogP contribution in [-0.4, -0.2) is 23.4 Å². The molecule has 3 nitrogen and oxygen atoms in total. The predicted octanol–water partition coefficient (Wildman–Crippen LogP) is 5.82. The first-order valence-corrected chi connectivity index (χ1v) is 10.5. The van der Waals surface area contributed by atoms with Gasteiger partial charge in [-0.25, -0.2) is 9.38 Å². The molecule has 1 saturated heterocycles. The van der Waals surface area contributed by atoms with E-state index in [1.165, 1.54) is 26.0 Å². The standard InChI is InChI=1S/C24H29F4N3/c1-23(2,25)19-11-9-17(10-12-19)16-30-22(29)31-13-4-3-8-21(31)15-18-6-5-7-20(14-18)24(26,27)28/h5-7,9-12,14,21H,3-4,8,13,15-16H2,1-2H3,(H2,29,30). The Morgan fingerprint density at radius 2 is 1.71 bits per heavy atom. The van der Waals surface area contributed by atoms with Crippen LogP contribution >= 0.6 is 0 Å². The number of piperidine rings is 1. The van der Waals surface area contributed by atoms with Gasteiger partial charge in [0.05, 0.1) is 12.1 Å². The van der Waals surface area contributed by atoms with E-state index in [2.05, 4.69) is 4.99 Å². The molecule has 1 atom stereocenters. The summed E-state index contributed by atoms with van der Waals surface area (Å²) in [6.45, 7) is 4.12. The second-order valence-corrected chi connectivity index (χ2v) is 8.59. The monoisotopic (exact) mass is 435 g/mol. The summed E-state index contributed by atoms with van der Waals surface area (Å²) < 4.78 is 53.1. The van der Waals surface area contributed by atoms with Gasteiger partial charge in [-0.1, -0.05) is 42.5 Å². The van der Waals surface area contributed by atoms with Crippen LogP contribution < -0.4 is 5.73 Å². The third-order valence-electron chi connectivity index (χ3n) is 5.71. The zero-order valence-corrected chi connectivity index (χ0v) is 17.9. The molecule has 2 aromatic carbocycles. The number of rotatable bonds is 5. The van der Waals surface area contributed by atoms with Crippen LogP contribution in [0.4, 0.5) is 17.6 Å². The van der Waals surface area contributed by atoms with Gasteiger partial charge in [-0.15, -0.1) is 0 Å². The summed E-state index contributed by atoms with van der Waals surface area (Å²) in [5, 5.41) is 0. The fraction of sp³-hybridized carbons (Fsp3) is 0.458. The fourth-order valence-corrected chi connectivity index (χ4v) is 3.93. The zero-order chi connectivity index (χ0) is 22.6. The number of aliphatic imine (C=N–C) groups is 1. The molecule has 1 aliphatic heterocycles. The SMILES string of the molecule is CC(C)(F)c1ccc(CN=C(N)N2CCCCC2Cc2cccc(C(F)(F)F)c2)cc1. The predicted molar refractivity (Wildman–Crippen MR) is 115 cm³/mol. The van der Waals surface area contributed by atoms with Gasteiger partial charge >= 0.3 is 6.18 Å². The first-order valence-electron chi connectivity index (χ1n) is 10.5. The second kappa shape index (κ2) is 9.28. The van der Waals surface area contributed by atoms with E-state index in [1.54, 1.807) is 18.2 Å². The Morgan fingerprint density at radius 3 is 2.35 bits per heavy atom. The maximum Gasteiger partial charge on any atom is 0.416 e. The summed E-state index contributed by atoms with van der Waals surface area (Å²) in [7, 11) is 0. The van der Waals surface area contributed by atoms with Crippen molar-refractivity contribution in [3.05, 3.63) is 70.8 Å². The van der Waals surface area contributed by atoms with Gasteiger partial charge in [-0.05, 0) is 62.3 Å². The molecule has 168 valence electrons. The van der Waals surface area contributed by atoms with Gasteiger partial charge in [0.25, 0.3) is 0 Å². The molecular weight excluding hydrogens is 406 g/mol. The minimum atomic E-state index is -4.35. The third kappa shape index (κ3) is 6.21. The van der Waals surface area contributed by atoms with Crippen molar-refractivity contribution in [3.8, 4) is 0 Å². The second-order valence-electron chi connectivity index (χ2n) is 8.59. The Hall–Kier alpha value is -2.57. The van der Waals surface area contributed by atoms with E-state index in [1.807, 2.05) is 17.0 Å². The molecule has 1 fully saturated rings. The molecule has 0 spiro atoms. The number of nitrogens with two attached hydrogens (primary N) is 1. The van der Waals surface area contributed by atoms with E-state index in [4.69, 9.17) is 5.73 Å². The van der Waals surface area contributed by atoms with E-state index in [-0.39, 0.29) is 6.04 Å². The summed E-state index contributed by atoms with van der Waals surface area (Å²) >= 11 is 0. The summed E-state index contributed by atoms with van der Waals surface area (Å²) in [4.78, 5) is 6.51.